The van der Waals surface area contributed by atoms with Gasteiger partial charge in [0.15, 0.2) is 0 Å². The van der Waals surface area contributed by atoms with Gasteiger partial charge in [-0.25, -0.2) is 0 Å². The van der Waals surface area contributed by atoms with Gasteiger partial charge in [0.1, 0.15) is 0 Å². The van der Waals surface area contributed by atoms with Gasteiger partial charge in [-0.1, -0.05) is 35.9 Å². The van der Waals surface area contributed by atoms with E-state index in [9.17, 15) is 9.59 Å². The number of benzene rings is 2. The molecule has 0 radical (unpaired) electrons. The van der Waals surface area contributed by atoms with Crippen molar-refractivity contribution in [3.05, 3.63) is 64.7 Å². The zero-order chi connectivity index (χ0) is 18.5. The van der Waals surface area contributed by atoms with E-state index in [1.807, 2.05) is 17.0 Å². The zero-order valence-electron chi connectivity index (χ0n) is 14.7. The topological polar surface area (TPSA) is 52.7 Å². The molecule has 0 aromatic heterocycles. The molecule has 1 aliphatic heterocycles. The van der Waals surface area contributed by atoms with Crippen molar-refractivity contribution in [3.63, 3.8) is 0 Å². The van der Waals surface area contributed by atoms with Crippen molar-refractivity contribution in [1.29, 1.82) is 0 Å². The monoisotopic (exact) mass is 371 g/mol. The van der Waals surface area contributed by atoms with Crippen molar-refractivity contribution in [2.45, 2.75) is 13.0 Å². The molecule has 0 fully saturated rings. The Hall–Kier alpha value is -2.37. The highest BCUT2D eigenvalue weighted by molar-refractivity contribution is 6.30. The first-order valence-electron chi connectivity index (χ1n) is 8.60. The molecule has 0 unspecified atom stereocenters. The van der Waals surface area contributed by atoms with Crippen LogP contribution in [-0.2, 0) is 22.6 Å². The lowest BCUT2D eigenvalue weighted by atomic mass is 10.00. The average molecular weight is 372 g/mol. The fourth-order valence-electron chi connectivity index (χ4n) is 3.07. The Kier molecular flexibility index (Phi) is 5.91. The first-order chi connectivity index (χ1) is 12.5. The summed E-state index contributed by atoms with van der Waals surface area (Å²) in [5, 5.41) is 3.42. The van der Waals surface area contributed by atoms with E-state index in [0.717, 1.165) is 13.0 Å². The number of halogens is 1. The Labute approximate surface area is 158 Å². The van der Waals surface area contributed by atoms with Crippen LogP contribution in [0.15, 0.2) is 48.5 Å². The number of anilines is 1. The minimum atomic E-state index is -0.161. The van der Waals surface area contributed by atoms with Crippen LogP contribution in [0.5, 0.6) is 0 Å². The van der Waals surface area contributed by atoms with Crippen molar-refractivity contribution in [3.8, 4) is 0 Å². The first kappa shape index (κ1) is 18.4. The van der Waals surface area contributed by atoms with Gasteiger partial charge in [0.05, 0.1) is 13.1 Å². The van der Waals surface area contributed by atoms with Crippen molar-refractivity contribution < 1.29 is 9.59 Å². The van der Waals surface area contributed by atoms with E-state index in [4.69, 9.17) is 11.6 Å². The van der Waals surface area contributed by atoms with E-state index in [1.54, 1.807) is 36.2 Å². The molecule has 2 aromatic rings. The van der Waals surface area contributed by atoms with Crippen LogP contribution in [0.25, 0.3) is 0 Å². The summed E-state index contributed by atoms with van der Waals surface area (Å²) in [6, 6.07) is 15.1. The van der Waals surface area contributed by atoms with Gasteiger partial charge in [-0.15, -0.1) is 0 Å². The molecule has 0 spiro atoms. The Morgan fingerprint density at radius 2 is 1.77 bits per heavy atom. The van der Waals surface area contributed by atoms with Crippen LogP contribution < -0.4 is 5.32 Å². The standard InChI is InChI=1S/C20H22ClN3O2/c1-23(13-19(25)22-18-8-6-17(21)7-9-18)14-20(26)24-11-10-15-4-2-3-5-16(15)12-24/h2-9H,10-14H2,1H3,(H,22,25). The summed E-state index contributed by atoms with van der Waals surface area (Å²) in [7, 11) is 1.78. The number of rotatable bonds is 5. The number of hydrogen-bond acceptors (Lipinski definition) is 3. The molecule has 0 atom stereocenters. The first-order valence-corrected chi connectivity index (χ1v) is 8.97. The zero-order valence-corrected chi connectivity index (χ0v) is 15.5. The molecule has 6 heteroatoms. The number of nitrogens with zero attached hydrogens (tertiary/aromatic N) is 2. The van der Waals surface area contributed by atoms with E-state index in [-0.39, 0.29) is 24.9 Å². The average Bonchev–Trinajstić information content (AvgIpc) is 2.63. The second-order valence-corrected chi connectivity index (χ2v) is 7.00. The maximum atomic E-state index is 12.5. The number of hydrogen-bond donors (Lipinski definition) is 1. The Morgan fingerprint density at radius 3 is 2.50 bits per heavy atom. The van der Waals surface area contributed by atoms with Gasteiger partial charge in [-0.05, 0) is 48.9 Å². The number of nitrogens with one attached hydrogen (secondary N) is 1. The maximum Gasteiger partial charge on any atom is 0.238 e. The molecule has 0 saturated heterocycles. The van der Waals surface area contributed by atoms with Gasteiger partial charge >= 0.3 is 0 Å². The second kappa shape index (κ2) is 8.34. The third kappa shape index (κ3) is 4.84. The molecule has 0 saturated carbocycles. The summed E-state index contributed by atoms with van der Waals surface area (Å²) in [6.45, 7) is 1.73. The molecular formula is C20H22ClN3O2. The van der Waals surface area contributed by atoms with Gasteiger partial charge < -0.3 is 10.2 Å². The maximum absolute atomic E-state index is 12.5. The second-order valence-electron chi connectivity index (χ2n) is 6.56. The fourth-order valence-corrected chi connectivity index (χ4v) is 3.20. The molecular weight excluding hydrogens is 350 g/mol. The van der Waals surface area contributed by atoms with Crippen molar-refractivity contribution in [2.24, 2.45) is 0 Å². The summed E-state index contributed by atoms with van der Waals surface area (Å²) in [6.07, 6.45) is 0.878. The quantitative estimate of drug-likeness (QED) is 0.879. The van der Waals surface area contributed by atoms with Crippen LogP contribution in [0.2, 0.25) is 5.02 Å². The lowest BCUT2D eigenvalue weighted by molar-refractivity contribution is -0.133. The Bertz CT molecular complexity index is 792. The summed E-state index contributed by atoms with van der Waals surface area (Å²) >= 11 is 5.83. The number of carbonyl (C=O) groups is 2. The summed E-state index contributed by atoms with van der Waals surface area (Å²) < 4.78 is 0. The van der Waals surface area contributed by atoms with Gasteiger partial charge in [0.25, 0.3) is 0 Å². The van der Waals surface area contributed by atoms with Crippen molar-refractivity contribution in [1.82, 2.24) is 9.80 Å². The molecule has 3 rings (SSSR count). The van der Waals surface area contributed by atoms with Crippen LogP contribution >= 0.6 is 11.6 Å². The van der Waals surface area contributed by atoms with E-state index >= 15 is 0 Å². The molecule has 1 heterocycles. The highest BCUT2D eigenvalue weighted by Crippen LogP contribution is 2.18. The Balaban J connectivity index is 1.48. The molecule has 0 aliphatic carbocycles. The SMILES string of the molecule is CN(CC(=O)Nc1ccc(Cl)cc1)CC(=O)N1CCc2ccccc2C1. The van der Waals surface area contributed by atoms with Crippen LogP contribution in [0.3, 0.4) is 0 Å². The number of amides is 2. The Morgan fingerprint density at radius 1 is 1.08 bits per heavy atom. The summed E-state index contributed by atoms with van der Waals surface area (Å²) in [5.41, 5.74) is 3.20. The highest BCUT2D eigenvalue weighted by Gasteiger charge is 2.21. The smallest absolute Gasteiger partial charge is 0.238 e. The van der Waals surface area contributed by atoms with Crippen LogP contribution in [0.1, 0.15) is 11.1 Å². The van der Waals surface area contributed by atoms with Crippen molar-refractivity contribution in [2.75, 3.05) is 32.0 Å². The summed E-state index contributed by atoms with van der Waals surface area (Å²) in [4.78, 5) is 28.2. The van der Waals surface area contributed by atoms with Crippen LogP contribution in [0, 0.1) is 0 Å². The van der Waals surface area contributed by atoms with Crippen molar-refractivity contribution >= 4 is 29.1 Å². The molecule has 1 N–H and O–H groups in total. The largest absolute Gasteiger partial charge is 0.337 e. The van der Waals surface area contributed by atoms with E-state index in [2.05, 4.69) is 17.4 Å². The third-order valence-corrected chi connectivity index (χ3v) is 4.68. The van der Waals surface area contributed by atoms with Gasteiger partial charge in [0, 0.05) is 23.8 Å². The molecule has 0 bridgehead atoms. The number of carbonyl (C=O) groups excluding carboxylic acids is 2. The number of fused-ring (bicyclic) bond motifs is 1. The minimum absolute atomic E-state index is 0.0429. The van der Waals surface area contributed by atoms with Crippen LogP contribution in [0.4, 0.5) is 5.69 Å². The summed E-state index contributed by atoms with van der Waals surface area (Å²) in [5.74, 6) is -0.118. The van der Waals surface area contributed by atoms with Gasteiger partial charge in [0.2, 0.25) is 11.8 Å². The highest BCUT2D eigenvalue weighted by atomic mass is 35.5. The van der Waals surface area contributed by atoms with Gasteiger partial charge in [-0.2, -0.15) is 0 Å². The molecule has 1 aliphatic rings. The lowest BCUT2D eigenvalue weighted by Gasteiger charge is -2.30. The molecule has 2 amide bonds. The molecule has 26 heavy (non-hydrogen) atoms. The predicted molar refractivity (Wildman–Crippen MR) is 103 cm³/mol. The lowest BCUT2D eigenvalue weighted by Crippen LogP contribution is -2.43. The fraction of sp³-hybridized carbons (Fsp3) is 0.300. The van der Waals surface area contributed by atoms with Gasteiger partial charge in [-0.3, -0.25) is 14.5 Å². The minimum Gasteiger partial charge on any atom is -0.337 e. The van der Waals surface area contributed by atoms with E-state index in [1.165, 1.54) is 11.1 Å². The molecule has 5 nitrogen and oxygen atoms in total. The normalized spacial score (nSPS) is 13.4. The number of likely N-dealkylation sites (N-methyl/N-ethyl adjacent to an activating group) is 1. The van der Waals surface area contributed by atoms with Crippen LogP contribution in [-0.4, -0.2) is 48.3 Å². The third-order valence-electron chi connectivity index (χ3n) is 4.43. The predicted octanol–water partition coefficient (Wildman–Crippen LogP) is 2.80. The molecule has 2 aromatic carbocycles. The molecule has 136 valence electrons. The van der Waals surface area contributed by atoms with E-state index < -0.39 is 0 Å². The van der Waals surface area contributed by atoms with E-state index in [0.29, 0.717) is 17.3 Å².